The molecule has 1 spiro atoms. The van der Waals surface area contributed by atoms with Crippen molar-refractivity contribution in [3.05, 3.63) is 29.8 Å². The first-order chi connectivity index (χ1) is 13.1. The summed E-state index contributed by atoms with van der Waals surface area (Å²) in [4.78, 5) is 19.4. The predicted molar refractivity (Wildman–Crippen MR) is 105 cm³/mol. The maximum Gasteiger partial charge on any atom is 0.223 e. The van der Waals surface area contributed by atoms with Gasteiger partial charge in [-0.2, -0.15) is 0 Å². The van der Waals surface area contributed by atoms with Crippen LogP contribution in [-0.4, -0.2) is 80.5 Å². The Morgan fingerprint density at radius 2 is 1.74 bits per heavy atom. The number of piperidine rings is 1. The molecule has 0 unspecified atom stereocenters. The topological polar surface area (TPSA) is 45.2 Å². The first kappa shape index (κ1) is 18.7. The summed E-state index contributed by atoms with van der Waals surface area (Å²) in [6.45, 7) is 9.76. The van der Waals surface area contributed by atoms with E-state index >= 15 is 0 Å². The van der Waals surface area contributed by atoms with E-state index in [9.17, 15) is 4.79 Å². The van der Waals surface area contributed by atoms with Crippen molar-refractivity contribution in [1.29, 1.82) is 0 Å². The fourth-order valence-corrected chi connectivity index (χ4v) is 4.35. The summed E-state index contributed by atoms with van der Waals surface area (Å²) in [6.07, 6.45) is 2.44. The molecule has 6 heteroatoms. The molecule has 3 aliphatic heterocycles. The van der Waals surface area contributed by atoms with Gasteiger partial charge in [0.25, 0.3) is 0 Å². The number of nitrogens with zero attached hydrogens (tertiary/aromatic N) is 3. The Hall–Kier alpha value is -1.63. The second kappa shape index (κ2) is 8.17. The Kier molecular flexibility index (Phi) is 5.66. The highest BCUT2D eigenvalue weighted by Crippen LogP contribution is 2.31. The molecule has 1 amide bonds. The molecule has 0 saturated carbocycles. The fourth-order valence-electron chi connectivity index (χ4n) is 4.35. The average molecular weight is 373 g/mol. The Morgan fingerprint density at radius 1 is 1.04 bits per heavy atom. The van der Waals surface area contributed by atoms with Crippen molar-refractivity contribution in [2.75, 3.05) is 63.9 Å². The van der Waals surface area contributed by atoms with Gasteiger partial charge in [-0.15, -0.1) is 0 Å². The van der Waals surface area contributed by atoms with E-state index in [0.29, 0.717) is 19.6 Å². The van der Waals surface area contributed by atoms with Gasteiger partial charge in [0.1, 0.15) is 0 Å². The number of piperazine rings is 1. The van der Waals surface area contributed by atoms with Gasteiger partial charge < -0.3 is 24.2 Å². The maximum absolute atomic E-state index is 12.6. The monoisotopic (exact) mass is 373 g/mol. The molecule has 3 heterocycles. The van der Waals surface area contributed by atoms with Crippen LogP contribution in [0.5, 0.6) is 0 Å². The molecule has 1 aromatic carbocycles. The normalized spacial score (nSPS) is 23.1. The Bertz CT molecular complexity index is 642. The molecule has 0 bridgehead atoms. The van der Waals surface area contributed by atoms with Crippen molar-refractivity contribution < 1.29 is 14.3 Å². The lowest BCUT2D eigenvalue weighted by atomic mass is 10.0. The van der Waals surface area contributed by atoms with E-state index in [1.54, 1.807) is 0 Å². The molecule has 0 N–H and O–H groups in total. The first-order valence-electron chi connectivity index (χ1n) is 10.2. The molecule has 3 saturated heterocycles. The zero-order valence-corrected chi connectivity index (χ0v) is 16.4. The quantitative estimate of drug-likeness (QED) is 0.806. The van der Waals surface area contributed by atoms with Gasteiger partial charge >= 0.3 is 0 Å². The number of hydrogen-bond acceptors (Lipinski definition) is 5. The minimum absolute atomic E-state index is 0.285. The third-order valence-corrected chi connectivity index (χ3v) is 6.07. The summed E-state index contributed by atoms with van der Waals surface area (Å²) in [5, 5.41) is 0. The van der Waals surface area contributed by atoms with E-state index in [0.717, 1.165) is 58.7 Å². The van der Waals surface area contributed by atoms with E-state index in [4.69, 9.17) is 9.47 Å². The summed E-state index contributed by atoms with van der Waals surface area (Å²) in [5.74, 6) is -0.0420. The Labute approximate surface area is 162 Å². The lowest BCUT2D eigenvalue weighted by molar-refractivity contribution is -0.185. The van der Waals surface area contributed by atoms with Crippen LogP contribution in [-0.2, 0) is 14.3 Å². The van der Waals surface area contributed by atoms with E-state index in [-0.39, 0.29) is 11.7 Å². The van der Waals surface area contributed by atoms with Crippen molar-refractivity contribution >= 4 is 11.6 Å². The molecule has 0 aromatic heterocycles. The summed E-state index contributed by atoms with van der Waals surface area (Å²) in [7, 11) is 0. The standard InChI is InChI=1S/C21H31N3O3/c1-18-3-2-4-19(17-18)23-11-13-24(14-12-23)20(25)5-8-22-9-6-21(7-10-22)26-15-16-27-21/h2-4,17H,5-16H2,1H3. The summed E-state index contributed by atoms with van der Waals surface area (Å²) in [5.41, 5.74) is 2.54. The zero-order valence-electron chi connectivity index (χ0n) is 16.4. The van der Waals surface area contributed by atoms with Crippen molar-refractivity contribution in [2.45, 2.75) is 32.0 Å². The highest BCUT2D eigenvalue weighted by Gasteiger charge is 2.39. The first-order valence-corrected chi connectivity index (χ1v) is 10.2. The molecule has 27 heavy (non-hydrogen) atoms. The van der Waals surface area contributed by atoms with E-state index in [1.807, 2.05) is 4.90 Å². The molecule has 1 aromatic rings. The fraction of sp³-hybridized carbons (Fsp3) is 0.667. The molecule has 3 aliphatic rings. The minimum atomic E-state index is -0.327. The third-order valence-electron chi connectivity index (χ3n) is 6.07. The molecule has 0 aliphatic carbocycles. The molecular weight excluding hydrogens is 342 g/mol. The largest absolute Gasteiger partial charge is 0.368 e. The van der Waals surface area contributed by atoms with Crippen LogP contribution in [0.1, 0.15) is 24.8 Å². The molecule has 6 nitrogen and oxygen atoms in total. The van der Waals surface area contributed by atoms with Gasteiger partial charge in [0.2, 0.25) is 5.91 Å². The van der Waals surface area contributed by atoms with E-state index in [2.05, 4.69) is 41.0 Å². The molecular formula is C21H31N3O3. The third kappa shape index (κ3) is 4.45. The van der Waals surface area contributed by atoms with Crippen molar-refractivity contribution in [3.8, 4) is 0 Å². The number of amides is 1. The minimum Gasteiger partial charge on any atom is -0.368 e. The van der Waals surface area contributed by atoms with Crippen LogP contribution < -0.4 is 4.90 Å². The maximum atomic E-state index is 12.6. The van der Waals surface area contributed by atoms with Crippen LogP contribution in [0.2, 0.25) is 0 Å². The van der Waals surface area contributed by atoms with Gasteiger partial charge in [-0.3, -0.25) is 4.79 Å². The number of hydrogen-bond donors (Lipinski definition) is 0. The zero-order chi connectivity index (χ0) is 18.7. The van der Waals surface area contributed by atoms with Crippen LogP contribution in [0.25, 0.3) is 0 Å². The second-order valence-corrected chi connectivity index (χ2v) is 7.91. The average Bonchev–Trinajstić information content (AvgIpc) is 3.15. The number of anilines is 1. The van der Waals surface area contributed by atoms with Gasteiger partial charge in [-0.1, -0.05) is 12.1 Å². The molecule has 0 radical (unpaired) electrons. The molecule has 3 fully saturated rings. The molecule has 4 rings (SSSR count). The summed E-state index contributed by atoms with van der Waals surface area (Å²) >= 11 is 0. The highest BCUT2D eigenvalue weighted by molar-refractivity contribution is 5.76. The van der Waals surface area contributed by atoms with Gasteiger partial charge in [-0.25, -0.2) is 0 Å². The highest BCUT2D eigenvalue weighted by atomic mass is 16.7. The van der Waals surface area contributed by atoms with Crippen LogP contribution in [0.4, 0.5) is 5.69 Å². The van der Waals surface area contributed by atoms with E-state index in [1.165, 1.54) is 11.3 Å². The second-order valence-electron chi connectivity index (χ2n) is 7.91. The Morgan fingerprint density at radius 3 is 2.41 bits per heavy atom. The predicted octanol–water partition coefficient (Wildman–Crippen LogP) is 1.87. The van der Waals surface area contributed by atoms with Crippen LogP contribution >= 0.6 is 0 Å². The lowest BCUT2D eigenvalue weighted by Crippen LogP contribution is -2.50. The number of likely N-dealkylation sites (tertiary alicyclic amines) is 1. The SMILES string of the molecule is Cc1cccc(N2CCN(C(=O)CCN3CCC4(CC3)OCCO4)CC2)c1. The number of benzene rings is 1. The van der Waals surface area contributed by atoms with Gasteiger partial charge in [0.05, 0.1) is 13.2 Å². The van der Waals surface area contributed by atoms with Crippen molar-refractivity contribution in [1.82, 2.24) is 9.80 Å². The van der Waals surface area contributed by atoms with Crippen LogP contribution in [0, 0.1) is 6.92 Å². The summed E-state index contributed by atoms with van der Waals surface area (Å²) in [6, 6.07) is 8.60. The number of carbonyl (C=O) groups excluding carboxylic acids is 1. The van der Waals surface area contributed by atoms with Gasteiger partial charge in [-0.05, 0) is 24.6 Å². The van der Waals surface area contributed by atoms with Crippen molar-refractivity contribution in [2.24, 2.45) is 0 Å². The number of rotatable bonds is 4. The van der Waals surface area contributed by atoms with Crippen molar-refractivity contribution in [3.63, 3.8) is 0 Å². The van der Waals surface area contributed by atoms with Gasteiger partial charge in [0.15, 0.2) is 5.79 Å². The smallest absolute Gasteiger partial charge is 0.223 e. The summed E-state index contributed by atoms with van der Waals surface area (Å²) < 4.78 is 11.6. The number of ether oxygens (including phenoxy) is 2. The molecule has 0 atom stereocenters. The van der Waals surface area contributed by atoms with Crippen LogP contribution in [0.3, 0.4) is 0 Å². The van der Waals surface area contributed by atoms with E-state index < -0.39 is 0 Å². The number of carbonyl (C=O) groups is 1. The molecule has 148 valence electrons. The number of aryl methyl sites for hydroxylation is 1. The van der Waals surface area contributed by atoms with Crippen LogP contribution in [0.15, 0.2) is 24.3 Å². The lowest BCUT2D eigenvalue weighted by Gasteiger charge is -2.38. The van der Waals surface area contributed by atoms with Gasteiger partial charge in [0, 0.05) is 70.8 Å². The Balaban J connectivity index is 1.19.